The van der Waals surface area contributed by atoms with E-state index in [-0.39, 0.29) is 0 Å². The third-order valence-corrected chi connectivity index (χ3v) is 3.66. The first-order valence-electron chi connectivity index (χ1n) is 3.99. The SMILES string of the molecule is CC(C)(C)SCSC(C)(C)C. The lowest BCUT2D eigenvalue weighted by Crippen LogP contribution is -2.11. The van der Waals surface area contributed by atoms with Crippen LogP contribution in [0.5, 0.6) is 0 Å². The first-order valence-corrected chi connectivity index (χ1v) is 5.96. The van der Waals surface area contributed by atoms with Crippen molar-refractivity contribution in [1.82, 2.24) is 0 Å². The van der Waals surface area contributed by atoms with Gasteiger partial charge in [0.15, 0.2) is 0 Å². The summed E-state index contributed by atoms with van der Waals surface area (Å²) in [5.41, 5.74) is 0. The molecule has 0 aromatic carbocycles. The van der Waals surface area contributed by atoms with Crippen molar-refractivity contribution in [3.63, 3.8) is 0 Å². The van der Waals surface area contributed by atoms with Gasteiger partial charge < -0.3 is 0 Å². The smallest absolute Gasteiger partial charge is 0.0402 e. The molecular formula is C9H20S2. The van der Waals surface area contributed by atoms with E-state index in [4.69, 9.17) is 0 Å². The van der Waals surface area contributed by atoms with E-state index in [1.165, 1.54) is 5.08 Å². The normalized spacial score (nSPS) is 13.6. The van der Waals surface area contributed by atoms with Crippen LogP contribution < -0.4 is 0 Å². The Balaban J connectivity index is 3.44. The molecule has 0 aliphatic rings. The predicted octanol–water partition coefficient (Wildman–Crippen LogP) is 4.01. The van der Waals surface area contributed by atoms with Crippen molar-refractivity contribution in [3.05, 3.63) is 0 Å². The lowest BCUT2D eigenvalue weighted by molar-refractivity contribution is 0.800. The van der Waals surface area contributed by atoms with Gasteiger partial charge in [0.2, 0.25) is 0 Å². The molecule has 0 aromatic rings. The first kappa shape index (κ1) is 11.7. The Hall–Kier alpha value is 0.700. The summed E-state index contributed by atoms with van der Waals surface area (Å²) in [5.74, 6) is 0. The van der Waals surface area contributed by atoms with Gasteiger partial charge in [-0.05, 0) is 0 Å². The van der Waals surface area contributed by atoms with Gasteiger partial charge in [-0.3, -0.25) is 0 Å². The Kier molecular flexibility index (Phi) is 4.34. The second-order valence-corrected chi connectivity index (χ2v) is 8.60. The maximum absolute atomic E-state index is 2.26. The Morgan fingerprint density at radius 1 is 0.727 bits per heavy atom. The molecule has 0 aliphatic heterocycles. The number of rotatable bonds is 2. The minimum absolute atomic E-state index is 0.415. The molecule has 0 bridgehead atoms. The third-order valence-electron chi connectivity index (χ3n) is 0.984. The molecule has 0 aromatic heterocycles. The molecule has 0 saturated carbocycles. The summed E-state index contributed by atoms with van der Waals surface area (Å²) in [7, 11) is 0. The van der Waals surface area contributed by atoms with E-state index in [0.717, 1.165) is 0 Å². The molecule has 0 radical (unpaired) electrons. The van der Waals surface area contributed by atoms with Crippen LogP contribution in [0.25, 0.3) is 0 Å². The predicted molar refractivity (Wildman–Crippen MR) is 59.6 cm³/mol. The average Bonchev–Trinajstić information content (AvgIpc) is 1.55. The van der Waals surface area contributed by atoms with Gasteiger partial charge in [0.25, 0.3) is 0 Å². The van der Waals surface area contributed by atoms with Crippen LogP contribution in [0, 0.1) is 0 Å². The number of hydrogen-bond acceptors (Lipinski definition) is 2. The summed E-state index contributed by atoms with van der Waals surface area (Å²) in [5, 5.41) is 1.20. The van der Waals surface area contributed by atoms with Crippen molar-refractivity contribution in [1.29, 1.82) is 0 Å². The van der Waals surface area contributed by atoms with Crippen molar-refractivity contribution in [2.24, 2.45) is 0 Å². The quantitative estimate of drug-likeness (QED) is 0.606. The number of thioether (sulfide) groups is 2. The Labute approximate surface area is 79.9 Å². The van der Waals surface area contributed by atoms with E-state index >= 15 is 0 Å². The van der Waals surface area contributed by atoms with Crippen LogP contribution in [-0.2, 0) is 0 Å². The third kappa shape index (κ3) is 10.7. The van der Waals surface area contributed by atoms with Crippen LogP contribution in [0.4, 0.5) is 0 Å². The van der Waals surface area contributed by atoms with Crippen LogP contribution in [0.1, 0.15) is 41.5 Å². The Bertz CT molecular complexity index is 91.7. The topological polar surface area (TPSA) is 0 Å². The zero-order valence-electron chi connectivity index (χ0n) is 8.52. The standard InChI is InChI=1S/C9H20S2/c1-8(2,3)10-7-11-9(4,5)6/h7H2,1-6H3. The molecule has 0 fully saturated rings. The van der Waals surface area contributed by atoms with Crippen LogP contribution in [-0.4, -0.2) is 14.6 Å². The van der Waals surface area contributed by atoms with Crippen molar-refractivity contribution in [3.8, 4) is 0 Å². The molecule has 0 heterocycles. The molecule has 11 heavy (non-hydrogen) atoms. The molecule has 0 unspecified atom stereocenters. The van der Waals surface area contributed by atoms with Crippen molar-refractivity contribution in [2.45, 2.75) is 51.0 Å². The van der Waals surface area contributed by atoms with Gasteiger partial charge in [0, 0.05) is 14.6 Å². The van der Waals surface area contributed by atoms with Gasteiger partial charge in [0.05, 0.1) is 0 Å². The molecule has 0 spiro atoms. The molecule has 0 aliphatic carbocycles. The molecule has 68 valence electrons. The number of hydrogen-bond donors (Lipinski definition) is 0. The summed E-state index contributed by atoms with van der Waals surface area (Å²) in [4.78, 5) is 0. The lowest BCUT2D eigenvalue weighted by Gasteiger charge is -2.22. The van der Waals surface area contributed by atoms with Crippen molar-refractivity contribution >= 4 is 23.5 Å². The zero-order chi connectivity index (χ0) is 9.12. The highest BCUT2D eigenvalue weighted by Gasteiger charge is 2.14. The van der Waals surface area contributed by atoms with E-state index < -0.39 is 0 Å². The highest BCUT2D eigenvalue weighted by atomic mass is 32.2. The second-order valence-electron chi connectivity index (χ2n) is 4.63. The fourth-order valence-electron chi connectivity index (χ4n) is 0.383. The lowest BCUT2D eigenvalue weighted by atomic mass is 10.3. The van der Waals surface area contributed by atoms with Crippen LogP contribution in [0.3, 0.4) is 0 Å². The Morgan fingerprint density at radius 3 is 1.18 bits per heavy atom. The molecular weight excluding hydrogens is 172 g/mol. The summed E-state index contributed by atoms with van der Waals surface area (Å²) >= 11 is 4.05. The summed E-state index contributed by atoms with van der Waals surface area (Å²) in [6.07, 6.45) is 0. The molecule has 0 nitrogen and oxygen atoms in total. The first-order chi connectivity index (χ1) is 4.71. The maximum Gasteiger partial charge on any atom is 0.0402 e. The van der Waals surface area contributed by atoms with E-state index in [1.807, 2.05) is 23.5 Å². The highest BCUT2D eigenvalue weighted by molar-refractivity contribution is 8.17. The molecule has 0 atom stereocenters. The minimum Gasteiger partial charge on any atom is -0.145 e. The summed E-state index contributed by atoms with van der Waals surface area (Å²) < 4.78 is 0.830. The summed E-state index contributed by atoms with van der Waals surface area (Å²) in [6.45, 7) is 13.6. The van der Waals surface area contributed by atoms with Gasteiger partial charge >= 0.3 is 0 Å². The molecule has 0 rings (SSSR count). The van der Waals surface area contributed by atoms with Gasteiger partial charge in [-0.2, -0.15) is 0 Å². The van der Waals surface area contributed by atoms with Gasteiger partial charge in [-0.25, -0.2) is 0 Å². The van der Waals surface area contributed by atoms with E-state index in [1.54, 1.807) is 0 Å². The van der Waals surface area contributed by atoms with E-state index in [0.29, 0.717) is 9.49 Å². The van der Waals surface area contributed by atoms with Gasteiger partial charge in [-0.15, -0.1) is 23.5 Å². The minimum atomic E-state index is 0.415. The van der Waals surface area contributed by atoms with Crippen LogP contribution >= 0.6 is 23.5 Å². The zero-order valence-corrected chi connectivity index (χ0v) is 10.2. The molecule has 0 saturated heterocycles. The largest absolute Gasteiger partial charge is 0.145 e. The fourth-order valence-corrected chi connectivity index (χ4v) is 3.45. The van der Waals surface area contributed by atoms with Crippen LogP contribution in [0.15, 0.2) is 0 Å². The molecule has 0 N–H and O–H groups in total. The average molecular weight is 192 g/mol. The van der Waals surface area contributed by atoms with Crippen LogP contribution in [0.2, 0.25) is 0 Å². The van der Waals surface area contributed by atoms with Crippen molar-refractivity contribution < 1.29 is 0 Å². The Morgan fingerprint density at radius 2 is 1.00 bits per heavy atom. The van der Waals surface area contributed by atoms with Gasteiger partial charge in [-0.1, -0.05) is 41.5 Å². The monoisotopic (exact) mass is 192 g/mol. The molecule has 2 heteroatoms. The maximum atomic E-state index is 2.26. The highest BCUT2D eigenvalue weighted by Crippen LogP contribution is 2.32. The second kappa shape index (κ2) is 4.08. The van der Waals surface area contributed by atoms with Gasteiger partial charge in [0.1, 0.15) is 0 Å². The summed E-state index contributed by atoms with van der Waals surface area (Å²) in [6, 6.07) is 0. The fraction of sp³-hybridized carbons (Fsp3) is 1.00. The van der Waals surface area contributed by atoms with E-state index in [2.05, 4.69) is 41.5 Å². The van der Waals surface area contributed by atoms with E-state index in [9.17, 15) is 0 Å². The molecule has 0 amide bonds. The van der Waals surface area contributed by atoms with Crippen molar-refractivity contribution in [2.75, 3.05) is 5.08 Å².